The summed E-state index contributed by atoms with van der Waals surface area (Å²) < 4.78 is 1.60. The molecule has 0 radical (unpaired) electrons. The van der Waals surface area contributed by atoms with Crippen LogP contribution in [0.4, 0.5) is 5.82 Å². The molecule has 0 aliphatic heterocycles. The van der Waals surface area contributed by atoms with E-state index in [0.717, 1.165) is 6.42 Å². The van der Waals surface area contributed by atoms with Crippen LogP contribution in [0.1, 0.15) is 20.3 Å². The van der Waals surface area contributed by atoms with Crippen LogP contribution in [0.5, 0.6) is 0 Å². The number of halogens is 1. The Hall–Kier alpha value is -1.07. The number of aromatic nitrogens is 2. The van der Waals surface area contributed by atoms with Crippen LogP contribution in [-0.2, 0) is 11.8 Å². The van der Waals surface area contributed by atoms with Crippen molar-refractivity contribution in [3.05, 3.63) is 12.3 Å². The van der Waals surface area contributed by atoms with Gasteiger partial charge in [-0.15, -0.1) is 12.4 Å². The van der Waals surface area contributed by atoms with Gasteiger partial charge in [-0.3, -0.25) is 9.48 Å². The molecule has 1 amide bonds. The van der Waals surface area contributed by atoms with Crippen molar-refractivity contribution in [1.29, 1.82) is 0 Å². The highest BCUT2D eigenvalue weighted by molar-refractivity contribution is 5.94. The Balaban J connectivity index is 0.00000225. The van der Waals surface area contributed by atoms with E-state index in [1.165, 1.54) is 0 Å². The Morgan fingerprint density at radius 1 is 1.69 bits per heavy atom. The van der Waals surface area contributed by atoms with Crippen molar-refractivity contribution in [3.8, 4) is 0 Å². The molecule has 3 N–H and O–H groups in total. The third-order valence-corrected chi connectivity index (χ3v) is 2.63. The quantitative estimate of drug-likeness (QED) is 0.837. The van der Waals surface area contributed by atoms with E-state index in [2.05, 4.69) is 10.4 Å². The summed E-state index contributed by atoms with van der Waals surface area (Å²) in [4.78, 5) is 11.7. The highest BCUT2D eigenvalue weighted by Gasteiger charge is 2.19. The zero-order valence-electron chi connectivity index (χ0n) is 9.80. The number of anilines is 1. The molecule has 1 heterocycles. The molecule has 1 rings (SSSR count). The van der Waals surface area contributed by atoms with Crippen molar-refractivity contribution < 1.29 is 4.79 Å². The summed E-state index contributed by atoms with van der Waals surface area (Å²) in [6.07, 6.45) is 2.52. The van der Waals surface area contributed by atoms with Gasteiger partial charge in [0.1, 0.15) is 5.82 Å². The Bertz CT molecular complexity index is 339. The van der Waals surface area contributed by atoms with E-state index >= 15 is 0 Å². The van der Waals surface area contributed by atoms with Crippen molar-refractivity contribution in [3.63, 3.8) is 0 Å². The van der Waals surface area contributed by atoms with Crippen LogP contribution in [0.25, 0.3) is 0 Å². The fourth-order valence-electron chi connectivity index (χ4n) is 1.22. The number of hydrogen-bond donors (Lipinski definition) is 2. The van der Waals surface area contributed by atoms with Gasteiger partial charge in [0.05, 0.1) is 12.2 Å². The molecule has 0 aromatic carbocycles. The summed E-state index contributed by atoms with van der Waals surface area (Å²) in [5.74, 6) is 0.685. The predicted molar refractivity (Wildman–Crippen MR) is 66.5 cm³/mol. The van der Waals surface area contributed by atoms with Crippen molar-refractivity contribution in [2.24, 2.45) is 18.7 Å². The minimum Gasteiger partial charge on any atom is -0.320 e. The summed E-state index contributed by atoms with van der Waals surface area (Å²) in [6.45, 7) is 3.98. The number of nitrogens with zero attached hydrogens (tertiary/aromatic N) is 2. The molecule has 0 bridgehead atoms. The molecule has 16 heavy (non-hydrogen) atoms. The van der Waals surface area contributed by atoms with Gasteiger partial charge in [0.15, 0.2) is 0 Å². The molecular formula is C10H19ClN4O. The van der Waals surface area contributed by atoms with E-state index in [0.29, 0.717) is 5.82 Å². The van der Waals surface area contributed by atoms with Crippen molar-refractivity contribution in [1.82, 2.24) is 9.78 Å². The highest BCUT2D eigenvalue weighted by atomic mass is 35.5. The first-order valence-corrected chi connectivity index (χ1v) is 5.10. The molecule has 5 nitrogen and oxygen atoms in total. The smallest absolute Gasteiger partial charge is 0.242 e. The minimum absolute atomic E-state index is 0. The lowest BCUT2D eigenvalue weighted by atomic mass is 9.99. The van der Waals surface area contributed by atoms with Crippen LogP contribution in [-0.4, -0.2) is 21.7 Å². The first-order chi connectivity index (χ1) is 7.06. The zero-order chi connectivity index (χ0) is 11.4. The molecule has 0 fully saturated rings. The molecule has 0 saturated carbocycles. The summed E-state index contributed by atoms with van der Waals surface area (Å²) in [5.41, 5.74) is 5.80. The minimum atomic E-state index is -0.468. The largest absolute Gasteiger partial charge is 0.320 e. The van der Waals surface area contributed by atoms with Gasteiger partial charge in [-0.2, -0.15) is 5.10 Å². The number of nitrogens with one attached hydrogen (secondary N) is 1. The summed E-state index contributed by atoms with van der Waals surface area (Å²) in [6, 6.07) is 1.27. The second-order valence-electron chi connectivity index (χ2n) is 3.74. The molecule has 0 aliphatic rings. The van der Waals surface area contributed by atoms with E-state index in [1.807, 2.05) is 13.8 Å². The Morgan fingerprint density at radius 3 is 2.75 bits per heavy atom. The maximum atomic E-state index is 11.7. The average molecular weight is 247 g/mol. The molecule has 2 atom stereocenters. The molecule has 6 heteroatoms. The van der Waals surface area contributed by atoms with Crippen molar-refractivity contribution in [2.75, 3.05) is 5.32 Å². The molecule has 0 spiro atoms. The summed E-state index contributed by atoms with van der Waals surface area (Å²) in [7, 11) is 1.77. The molecule has 0 aliphatic carbocycles. The van der Waals surface area contributed by atoms with Gasteiger partial charge < -0.3 is 11.1 Å². The third kappa shape index (κ3) is 3.50. The van der Waals surface area contributed by atoms with Crippen LogP contribution in [0.2, 0.25) is 0 Å². The standard InChI is InChI=1S/C10H18N4O.ClH/c1-4-7(2)9(11)10(15)13-8-5-6-12-14(8)3;/h5-7,9H,4,11H2,1-3H3,(H,13,15);1H. The number of aryl methyl sites for hydroxylation is 1. The number of rotatable bonds is 4. The molecule has 1 aromatic rings. The Labute approximate surface area is 102 Å². The van der Waals surface area contributed by atoms with Crippen molar-refractivity contribution >= 4 is 24.1 Å². The molecule has 2 unspecified atom stereocenters. The zero-order valence-corrected chi connectivity index (χ0v) is 10.6. The van der Waals surface area contributed by atoms with E-state index in [1.54, 1.807) is 24.0 Å². The maximum absolute atomic E-state index is 11.7. The number of nitrogens with two attached hydrogens (primary N) is 1. The predicted octanol–water partition coefficient (Wildman–Crippen LogP) is 1.15. The average Bonchev–Trinajstić information content (AvgIpc) is 2.62. The van der Waals surface area contributed by atoms with Gasteiger partial charge in [0, 0.05) is 13.1 Å². The lowest BCUT2D eigenvalue weighted by Gasteiger charge is -2.17. The highest BCUT2D eigenvalue weighted by Crippen LogP contribution is 2.09. The molecule has 1 aromatic heterocycles. The number of carbonyl (C=O) groups excluding carboxylic acids is 1. The monoisotopic (exact) mass is 246 g/mol. The van der Waals surface area contributed by atoms with Crippen LogP contribution in [0.3, 0.4) is 0 Å². The van der Waals surface area contributed by atoms with E-state index < -0.39 is 6.04 Å². The van der Waals surface area contributed by atoms with Crippen LogP contribution in [0.15, 0.2) is 12.3 Å². The van der Waals surface area contributed by atoms with E-state index in [4.69, 9.17) is 5.73 Å². The Morgan fingerprint density at radius 2 is 2.31 bits per heavy atom. The lowest BCUT2D eigenvalue weighted by molar-refractivity contribution is -0.118. The summed E-state index contributed by atoms with van der Waals surface area (Å²) >= 11 is 0. The fourth-order valence-corrected chi connectivity index (χ4v) is 1.22. The SMILES string of the molecule is CCC(C)C(N)C(=O)Nc1ccnn1C.Cl. The van der Waals surface area contributed by atoms with E-state index in [9.17, 15) is 4.79 Å². The second kappa shape index (κ2) is 6.50. The summed E-state index contributed by atoms with van der Waals surface area (Å²) in [5, 5.41) is 6.70. The van der Waals surface area contributed by atoms with Gasteiger partial charge in [0.2, 0.25) is 5.91 Å². The number of amides is 1. The van der Waals surface area contributed by atoms with Gasteiger partial charge >= 0.3 is 0 Å². The van der Waals surface area contributed by atoms with E-state index in [-0.39, 0.29) is 24.2 Å². The lowest BCUT2D eigenvalue weighted by Crippen LogP contribution is -2.40. The normalized spacial score (nSPS) is 13.8. The third-order valence-electron chi connectivity index (χ3n) is 2.63. The number of carbonyl (C=O) groups is 1. The van der Waals surface area contributed by atoms with Crippen LogP contribution >= 0.6 is 12.4 Å². The number of hydrogen-bond acceptors (Lipinski definition) is 3. The van der Waals surface area contributed by atoms with Crippen molar-refractivity contribution in [2.45, 2.75) is 26.3 Å². The second-order valence-corrected chi connectivity index (χ2v) is 3.74. The van der Waals surface area contributed by atoms with Gasteiger partial charge in [-0.1, -0.05) is 20.3 Å². The first-order valence-electron chi connectivity index (χ1n) is 5.10. The topological polar surface area (TPSA) is 72.9 Å². The maximum Gasteiger partial charge on any atom is 0.242 e. The molecule has 0 saturated heterocycles. The van der Waals surface area contributed by atoms with Gasteiger partial charge in [-0.05, 0) is 5.92 Å². The molecular weight excluding hydrogens is 228 g/mol. The first kappa shape index (κ1) is 14.9. The van der Waals surface area contributed by atoms with Crippen LogP contribution in [0, 0.1) is 5.92 Å². The Kier molecular flexibility index (Phi) is 6.06. The molecule has 92 valence electrons. The fraction of sp³-hybridized carbons (Fsp3) is 0.600. The van der Waals surface area contributed by atoms with Crippen LogP contribution < -0.4 is 11.1 Å². The van der Waals surface area contributed by atoms with Gasteiger partial charge in [0.25, 0.3) is 0 Å². The van der Waals surface area contributed by atoms with Gasteiger partial charge in [-0.25, -0.2) is 0 Å².